The Labute approximate surface area is 257 Å². The lowest BCUT2D eigenvalue weighted by molar-refractivity contribution is 0.259. The zero-order valence-corrected chi connectivity index (χ0v) is 25.0. The third-order valence-corrected chi connectivity index (χ3v) is 7.40. The molecule has 222 valence electrons. The number of anilines is 7. The van der Waals surface area contributed by atoms with Crippen molar-refractivity contribution in [1.82, 2.24) is 14.9 Å². The number of hydrogen-bond acceptors (Lipinski definition) is 8. The highest BCUT2D eigenvalue weighted by Gasteiger charge is 2.22. The molecule has 1 fully saturated rings. The first kappa shape index (κ1) is 29.7. The van der Waals surface area contributed by atoms with E-state index in [1.807, 2.05) is 36.4 Å². The molecule has 3 N–H and O–H groups in total. The summed E-state index contributed by atoms with van der Waals surface area (Å²) in [5.41, 5.74) is 3.75. The fraction of sp³-hybridized carbons (Fsp3) is 0.219. The number of methoxy groups -OCH3 is 1. The number of benzene rings is 3. The van der Waals surface area contributed by atoms with Crippen molar-refractivity contribution in [1.29, 1.82) is 0 Å². The largest absolute Gasteiger partial charge is 0.494 e. The quantitative estimate of drug-likeness (QED) is 0.176. The molecule has 0 aliphatic carbocycles. The number of hydrogen-bond donors (Lipinski definition) is 3. The van der Waals surface area contributed by atoms with Gasteiger partial charge in [0.15, 0.2) is 0 Å². The molecule has 1 aromatic heterocycles. The summed E-state index contributed by atoms with van der Waals surface area (Å²) in [6.07, 6.45) is 3.18. The van der Waals surface area contributed by atoms with Crippen LogP contribution in [0.15, 0.2) is 91.8 Å². The van der Waals surface area contributed by atoms with Crippen LogP contribution in [0.2, 0.25) is 5.02 Å². The first-order valence-electron chi connectivity index (χ1n) is 14.0. The second-order valence-electron chi connectivity index (χ2n) is 10.0. The number of para-hydroxylation sites is 1. The third-order valence-electron chi connectivity index (χ3n) is 7.07. The van der Waals surface area contributed by atoms with Gasteiger partial charge in [-0.25, -0.2) is 19.7 Å². The Morgan fingerprint density at radius 2 is 1.84 bits per heavy atom. The van der Waals surface area contributed by atoms with Gasteiger partial charge < -0.3 is 30.5 Å². The van der Waals surface area contributed by atoms with Gasteiger partial charge in [0.25, 0.3) is 0 Å². The van der Waals surface area contributed by atoms with Gasteiger partial charge >= 0.3 is 6.03 Å². The number of rotatable bonds is 10. The van der Waals surface area contributed by atoms with Crippen molar-refractivity contribution in [2.24, 2.45) is 0 Å². The third kappa shape index (κ3) is 7.35. The molecule has 2 heterocycles. The molecule has 0 saturated carbocycles. The molecule has 43 heavy (non-hydrogen) atoms. The van der Waals surface area contributed by atoms with Gasteiger partial charge in [-0.15, -0.1) is 6.58 Å². The minimum atomic E-state index is -0.437. The Kier molecular flexibility index (Phi) is 9.60. The first-order valence-corrected chi connectivity index (χ1v) is 14.3. The number of piperazine rings is 1. The van der Waals surface area contributed by atoms with Crippen LogP contribution in [0.5, 0.6) is 5.75 Å². The SMILES string of the molecule is C=CCNc1cccc(N(C(=O)Nc2ccccc2Cl)c2cc(Nc3ccc(N4CCN(C)CC4)cc3OC)ncn2)c1. The fourth-order valence-corrected chi connectivity index (χ4v) is 4.94. The van der Waals surface area contributed by atoms with Crippen molar-refractivity contribution < 1.29 is 9.53 Å². The Morgan fingerprint density at radius 3 is 2.60 bits per heavy atom. The molecule has 5 rings (SSSR count). The predicted octanol–water partition coefficient (Wildman–Crippen LogP) is 6.60. The standard InChI is InChI=1S/C32H35ClN8O2/c1-4-14-34-23-8-7-9-25(19-23)41(32(42)38-27-11-6-5-10-26(27)33)31-21-30(35-22-36-31)37-28-13-12-24(20-29(28)43-3)40-17-15-39(2)16-18-40/h4-13,19-22,34H,1,14-18H2,2-3H3,(H,38,42)(H,35,36,37). The molecule has 10 nitrogen and oxygen atoms in total. The number of halogens is 1. The molecule has 1 aliphatic heterocycles. The van der Waals surface area contributed by atoms with Crippen LogP contribution in [-0.2, 0) is 0 Å². The number of ether oxygens (including phenoxy) is 1. The first-order chi connectivity index (χ1) is 20.9. The van der Waals surface area contributed by atoms with E-state index >= 15 is 0 Å². The van der Waals surface area contributed by atoms with Crippen molar-refractivity contribution in [3.63, 3.8) is 0 Å². The molecule has 0 unspecified atom stereocenters. The Hall–Kier alpha value is -4.80. The molecular weight excluding hydrogens is 564 g/mol. The van der Waals surface area contributed by atoms with E-state index in [4.69, 9.17) is 16.3 Å². The van der Waals surface area contributed by atoms with Crippen LogP contribution >= 0.6 is 11.6 Å². The number of carbonyl (C=O) groups excluding carboxylic acids is 1. The number of carbonyl (C=O) groups is 1. The molecule has 0 spiro atoms. The molecule has 3 aromatic carbocycles. The van der Waals surface area contributed by atoms with Crippen molar-refractivity contribution in [3.8, 4) is 5.75 Å². The van der Waals surface area contributed by atoms with Gasteiger partial charge in [0.1, 0.15) is 23.7 Å². The summed E-state index contributed by atoms with van der Waals surface area (Å²) in [6, 6.07) is 21.9. The Balaban J connectivity index is 1.44. The van der Waals surface area contributed by atoms with Crippen LogP contribution in [0.1, 0.15) is 0 Å². The molecule has 0 radical (unpaired) electrons. The van der Waals surface area contributed by atoms with Crippen molar-refractivity contribution in [2.45, 2.75) is 0 Å². The monoisotopic (exact) mass is 598 g/mol. The number of nitrogens with zero attached hydrogens (tertiary/aromatic N) is 5. The van der Waals surface area contributed by atoms with E-state index in [1.54, 1.807) is 43.5 Å². The van der Waals surface area contributed by atoms with Crippen LogP contribution in [0.4, 0.5) is 44.9 Å². The second-order valence-corrected chi connectivity index (χ2v) is 10.4. The molecule has 4 aromatic rings. The summed E-state index contributed by atoms with van der Waals surface area (Å²) >= 11 is 6.35. The van der Waals surface area contributed by atoms with Crippen LogP contribution in [0.3, 0.4) is 0 Å². The Morgan fingerprint density at radius 1 is 1.02 bits per heavy atom. The molecule has 0 atom stereocenters. The predicted molar refractivity (Wildman–Crippen MR) is 176 cm³/mol. The smallest absolute Gasteiger partial charge is 0.332 e. The molecule has 1 aliphatic rings. The Bertz CT molecular complexity index is 1570. The summed E-state index contributed by atoms with van der Waals surface area (Å²) in [7, 11) is 3.78. The number of nitrogens with one attached hydrogen (secondary N) is 3. The lowest BCUT2D eigenvalue weighted by Gasteiger charge is -2.34. The van der Waals surface area contributed by atoms with Gasteiger partial charge in [0, 0.05) is 56.2 Å². The highest BCUT2D eigenvalue weighted by molar-refractivity contribution is 6.33. The maximum Gasteiger partial charge on any atom is 0.332 e. The van der Waals surface area contributed by atoms with Crippen LogP contribution in [0.25, 0.3) is 0 Å². The lowest BCUT2D eigenvalue weighted by atomic mass is 10.2. The number of amides is 2. The summed E-state index contributed by atoms with van der Waals surface area (Å²) in [5.74, 6) is 1.54. The summed E-state index contributed by atoms with van der Waals surface area (Å²) in [4.78, 5) is 28.8. The van der Waals surface area contributed by atoms with Gasteiger partial charge in [-0.2, -0.15) is 0 Å². The zero-order valence-electron chi connectivity index (χ0n) is 24.3. The minimum absolute atomic E-state index is 0.357. The normalized spacial score (nSPS) is 13.2. The molecule has 2 amide bonds. The van der Waals surface area contributed by atoms with Gasteiger partial charge in [-0.3, -0.25) is 0 Å². The van der Waals surface area contributed by atoms with E-state index < -0.39 is 6.03 Å². The maximum absolute atomic E-state index is 13.8. The van der Waals surface area contributed by atoms with E-state index in [-0.39, 0.29) is 0 Å². The van der Waals surface area contributed by atoms with Crippen LogP contribution in [0, 0.1) is 0 Å². The van der Waals surface area contributed by atoms with Crippen molar-refractivity contribution in [2.75, 3.05) is 72.6 Å². The van der Waals surface area contributed by atoms with Gasteiger partial charge in [-0.1, -0.05) is 35.9 Å². The highest BCUT2D eigenvalue weighted by Crippen LogP contribution is 2.34. The number of urea groups is 1. The topological polar surface area (TPSA) is 97.9 Å². The maximum atomic E-state index is 13.8. The summed E-state index contributed by atoms with van der Waals surface area (Å²) in [6.45, 7) is 8.28. The zero-order chi connectivity index (χ0) is 30.2. The van der Waals surface area contributed by atoms with E-state index in [1.165, 1.54) is 11.2 Å². The lowest BCUT2D eigenvalue weighted by Crippen LogP contribution is -2.44. The van der Waals surface area contributed by atoms with E-state index in [0.29, 0.717) is 40.3 Å². The van der Waals surface area contributed by atoms with Crippen molar-refractivity contribution in [3.05, 3.63) is 96.8 Å². The molecular formula is C32H35ClN8O2. The molecule has 0 bridgehead atoms. The fourth-order valence-electron chi connectivity index (χ4n) is 4.75. The van der Waals surface area contributed by atoms with Gasteiger partial charge in [0.05, 0.1) is 29.2 Å². The highest BCUT2D eigenvalue weighted by atomic mass is 35.5. The van der Waals surface area contributed by atoms with Crippen molar-refractivity contribution >= 4 is 57.7 Å². The molecule has 1 saturated heterocycles. The molecule has 11 heteroatoms. The van der Waals surface area contributed by atoms with Crippen LogP contribution in [-0.4, -0.2) is 67.8 Å². The summed E-state index contributed by atoms with van der Waals surface area (Å²) < 4.78 is 5.73. The minimum Gasteiger partial charge on any atom is -0.494 e. The second kappa shape index (κ2) is 13.9. The van der Waals surface area contributed by atoms with E-state index in [0.717, 1.165) is 43.2 Å². The number of likely N-dealkylation sites (N-methyl/N-ethyl adjacent to an activating group) is 1. The van der Waals surface area contributed by atoms with Gasteiger partial charge in [-0.05, 0) is 49.5 Å². The number of aromatic nitrogens is 2. The summed E-state index contributed by atoms with van der Waals surface area (Å²) in [5, 5.41) is 9.93. The average Bonchev–Trinajstić information content (AvgIpc) is 3.02. The average molecular weight is 599 g/mol. The van der Waals surface area contributed by atoms with Gasteiger partial charge in [0.2, 0.25) is 0 Å². The van der Waals surface area contributed by atoms with Crippen LogP contribution < -0.4 is 30.5 Å². The van der Waals surface area contributed by atoms with E-state index in [2.05, 4.69) is 55.4 Å². The van der Waals surface area contributed by atoms with E-state index in [9.17, 15) is 4.79 Å².